The van der Waals surface area contributed by atoms with Crippen molar-refractivity contribution in [1.82, 2.24) is 9.47 Å². The molecule has 7 heteroatoms. The first-order valence-corrected chi connectivity index (χ1v) is 8.94. The summed E-state index contributed by atoms with van der Waals surface area (Å²) in [5.74, 6) is 0. The SMILES string of the molecule is COCCOC[C@H](O)CN(CCO)C[C@@H](O)Cn1ccc2ccccc21. The van der Waals surface area contributed by atoms with Crippen LogP contribution in [0.1, 0.15) is 0 Å². The number of hydrogen-bond acceptors (Lipinski definition) is 6. The number of aromatic nitrogens is 1. The van der Waals surface area contributed by atoms with E-state index in [2.05, 4.69) is 0 Å². The van der Waals surface area contributed by atoms with Crippen molar-refractivity contribution < 1.29 is 24.8 Å². The minimum Gasteiger partial charge on any atom is -0.395 e. The Bertz CT molecular complexity index is 633. The summed E-state index contributed by atoms with van der Waals surface area (Å²) in [5, 5.41) is 30.9. The van der Waals surface area contributed by atoms with E-state index in [4.69, 9.17) is 9.47 Å². The molecule has 0 fully saturated rings. The van der Waals surface area contributed by atoms with Crippen molar-refractivity contribution >= 4 is 10.9 Å². The van der Waals surface area contributed by atoms with Crippen molar-refractivity contribution in [2.75, 3.05) is 53.2 Å². The van der Waals surface area contributed by atoms with Crippen LogP contribution in [0.15, 0.2) is 36.5 Å². The van der Waals surface area contributed by atoms with Gasteiger partial charge in [-0.05, 0) is 17.5 Å². The Morgan fingerprint density at radius 2 is 1.85 bits per heavy atom. The number of nitrogens with zero attached hydrogens (tertiary/aromatic N) is 2. The van der Waals surface area contributed by atoms with Gasteiger partial charge in [0.1, 0.15) is 0 Å². The monoisotopic (exact) mass is 366 g/mol. The average molecular weight is 366 g/mol. The van der Waals surface area contributed by atoms with Gasteiger partial charge in [0.2, 0.25) is 0 Å². The van der Waals surface area contributed by atoms with Gasteiger partial charge in [-0.3, -0.25) is 4.90 Å². The van der Waals surface area contributed by atoms with Gasteiger partial charge in [-0.25, -0.2) is 0 Å². The van der Waals surface area contributed by atoms with Crippen molar-refractivity contribution in [3.8, 4) is 0 Å². The van der Waals surface area contributed by atoms with Crippen molar-refractivity contribution in [1.29, 1.82) is 0 Å². The summed E-state index contributed by atoms with van der Waals surface area (Å²) in [4.78, 5) is 1.85. The topological polar surface area (TPSA) is 87.3 Å². The molecule has 0 saturated heterocycles. The van der Waals surface area contributed by atoms with Crippen molar-refractivity contribution in [2.24, 2.45) is 0 Å². The first kappa shape index (κ1) is 20.8. The molecule has 3 N–H and O–H groups in total. The predicted octanol–water partition coefficient (Wildman–Crippen LogP) is 0.320. The van der Waals surface area contributed by atoms with Crippen molar-refractivity contribution in [3.63, 3.8) is 0 Å². The highest BCUT2D eigenvalue weighted by Crippen LogP contribution is 2.15. The zero-order valence-corrected chi connectivity index (χ0v) is 15.3. The van der Waals surface area contributed by atoms with E-state index < -0.39 is 12.2 Å². The minimum absolute atomic E-state index is 0.0313. The third kappa shape index (κ3) is 6.68. The van der Waals surface area contributed by atoms with E-state index in [1.165, 1.54) is 0 Å². The minimum atomic E-state index is -0.682. The second-order valence-electron chi connectivity index (χ2n) is 6.39. The van der Waals surface area contributed by atoms with Crippen LogP contribution < -0.4 is 0 Å². The average Bonchev–Trinajstić information content (AvgIpc) is 3.02. The highest BCUT2D eigenvalue weighted by Gasteiger charge is 2.16. The summed E-state index contributed by atoms with van der Waals surface area (Å²) in [6, 6.07) is 10.0. The molecule has 7 nitrogen and oxygen atoms in total. The summed E-state index contributed by atoms with van der Waals surface area (Å²) >= 11 is 0. The normalized spacial score (nSPS) is 14.2. The third-order valence-corrected chi connectivity index (χ3v) is 4.18. The summed E-state index contributed by atoms with van der Waals surface area (Å²) in [5.41, 5.74) is 1.08. The molecule has 0 aliphatic carbocycles. The zero-order chi connectivity index (χ0) is 18.8. The molecule has 0 aliphatic rings. The van der Waals surface area contributed by atoms with Gasteiger partial charge in [0, 0.05) is 45.0 Å². The zero-order valence-electron chi connectivity index (χ0n) is 15.3. The molecular weight excluding hydrogens is 336 g/mol. The third-order valence-electron chi connectivity index (χ3n) is 4.18. The molecule has 0 spiro atoms. The van der Waals surface area contributed by atoms with Gasteiger partial charge in [0.25, 0.3) is 0 Å². The lowest BCUT2D eigenvalue weighted by Gasteiger charge is -2.27. The van der Waals surface area contributed by atoms with Gasteiger partial charge in [-0.1, -0.05) is 18.2 Å². The second-order valence-corrected chi connectivity index (χ2v) is 6.39. The molecule has 146 valence electrons. The van der Waals surface area contributed by atoms with Crippen LogP contribution in [0.4, 0.5) is 0 Å². The number of aliphatic hydroxyl groups excluding tert-OH is 3. The number of aliphatic hydroxyl groups is 3. The number of benzene rings is 1. The van der Waals surface area contributed by atoms with E-state index in [1.54, 1.807) is 7.11 Å². The molecule has 0 bridgehead atoms. The van der Waals surface area contributed by atoms with Crippen LogP contribution in [-0.4, -0.2) is 90.2 Å². The van der Waals surface area contributed by atoms with E-state index in [9.17, 15) is 15.3 Å². The number of ether oxygens (including phenoxy) is 2. The molecule has 2 rings (SSSR count). The number of methoxy groups -OCH3 is 1. The Hall–Kier alpha value is -1.48. The lowest BCUT2D eigenvalue weighted by Crippen LogP contribution is -2.42. The van der Waals surface area contributed by atoms with Gasteiger partial charge in [0.05, 0.1) is 38.6 Å². The molecule has 1 aromatic heterocycles. The Labute approximate surface area is 154 Å². The van der Waals surface area contributed by atoms with Gasteiger partial charge in [-0.2, -0.15) is 0 Å². The van der Waals surface area contributed by atoms with Crippen LogP contribution in [0.25, 0.3) is 10.9 Å². The van der Waals surface area contributed by atoms with Crippen molar-refractivity contribution in [2.45, 2.75) is 18.8 Å². The molecule has 0 unspecified atom stereocenters. The lowest BCUT2D eigenvalue weighted by molar-refractivity contribution is -0.00940. The Morgan fingerprint density at radius 1 is 1.08 bits per heavy atom. The fourth-order valence-corrected chi connectivity index (χ4v) is 2.99. The highest BCUT2D eigenvalue weighted by molar-refractivity contribution is 5.79. The van der Waals surface area contributed by atoms with Gasteiger partial charge < -0.3 is 29.4 Å². The van der Waals surface area contributed by atoms with Crippen LogP contribution in [0.5, 0.6) is 0 Å². The largest absolute Gasteiger partial charge is 0.395 e. The second kappa shape index (κ2) is 11.3. The molecule has 0 saturated carbocycles. The molecule has 2 aromatic rings. The molecular formula is C19H30N2O5. The summed E-state index contributed by atoms with van der Waals surface area (Å²) in [6.45, 7) is 2.61. The number of fused-ring (bicyclic) bond motifs is 1. The van der Waals surface area contributed by atoms with Gasteiger partial charge in [0.15, 0.2) is 0 Å². The molecule has 0 amide bonds. The standard InChI is InChI=1S/C19H30N2O5/c1-25-10-11-26-15-18(24)13-20(8-9-22)12-17(23)14-21-7-6-16-4-2-3-5-19(16)21/h2-7,17-18,22-24H,8-15H2,1H3/t17-,18-/m1/s1. The molecule has 1 aromatic carbocycles. The number of hydrogen-bond donors (Lipinski definition) is 3. The van der Waals surface area contributed by atoms with Crippen LogP contribution in [-0.2, 0) is 16.0 Å². The number of rotatable bonds is 13. The summed E-state index contributed by atoms with van der Waals surface area (Å²) in [7, 11) is 1.60. The summed E-state index contributed by atoms with van der Waals surface area (Å²) in [6.07, 6.45) is 0.667. The van der Waals surface area contributed by atoms with E-state index >= 15 is 0 Å². The van der Waals surface area contributed by atoms with Crippen LogP contribution in [0, 0.1) is 0 Å². The molecule has 1 heterocycles. The Balaban J connectivity index is 1.83. The smallest absolute Gasteiger partial charge is 0.0900 e. The van der Waals surface area contributed by atoms with E-state index in [0.29, 0.717) is 39.4 Å². The predicted molar refractivity (Wildman–Crippen MR) is 100 cm³/mol. The summed E-state index contributed by atoms with van der Waals surface area (Å²) < 4.78 is 12.2. The van der Waals surface area contributed by atoms with Crippen LogP contribution in [0.2, 0.25) is 0 Å². The van der Waals surface area contributed by atoms with Crippen LogP contribution >= 0.6 is 0 Å². The highest BCUT2D eigenvalue weighted by atomic mass is 16.5. The maximum Gasteiger partial charge on any atom is 0.0900 e. The molecule has 26 heavy (non-hydrogen) atoms. The first-order valence-electron chi connectivity index (χ1n) is 8.94. The van der Waals surface area contributed by atoms with Gasteiger partial charge >= 0.3 is 0 Å². The fraction of sp³-hybridized carbons (Fsp3) is 0.579. The fourth-order valence-electron chi connectivity index (χ4n) is 2.99. The quantitative estimate of drug-likeness (QED) is 0.443. The van der Waals surface area contributed by atoms with E-state index in [1.807, 2.05) is 46.0 Å². The molecule has 0 aliphatic heterocycles. The van der Waals surface area contributed by atoms with Crippen LogP contribution in [0.3, 0.4) is 0 Å². The molecule has 0 radical (unpaired) electrons. The maximum atomic E-state index is 10.5. The van der Waals surface area contributed by atoms with Gasteiger partial charge in [-0.15, -0.1) is 0 Å². The number of para-hydroxylation sites is 1. The van der Waals surface area contributed by atoms with E-state index in [0.717, 1.165) is 10.9 Å². The Morgan fingerprint density at radius 3 is 2.62 bits per heavy atom. The Kier molecular flexibility index (Phi) is 9.04. The first-order chi connectivity index (χ1) is 12.6. The van der Waals surface area contributed by atoms with Crippen molar-refractivity contribution in [3.05, 3.63) is 36.5 Å². The lowest BCUT2D eigenvalue weighted by atomic mass is 10.2. The maximum absolute atomic E-state index is 10.5. The van der Waals surface area contributed by atoms with E-state index in [-0.39, 0.29) is 13.2 Å². The molecule has 2 atom stereocenters.